The smallest absolute Gasteiger partial charge is 0.293 e. The van der Waals surface area contributed by atoms with E-state index in [1.165, 1.54) is 0 Å². The molecule has 0 amide bonds. The maximum Gasteiger partial charge on any atom is 0.293 e. The predicted molar refractivity (Wildman–Crippen MR) is 75.3 cm³/mol. The highest BCUT2D eigenvalue weighted by Gasteiger charge is 2.18. The third-order valence-electron chi connectivity index (χ3n) is 2.78. The third kappa shape index (κ3) is 3.57. The van der Waals surface area contributed by atoms with Crippen LogP contribution in [-0.4, -0.2) is 36.2 Å². The van der Waals surface area contributed by atoms with Crippen LogP contribution in [0.3, 0.4) is 0 Å². The van der Waals surface area contributed by atoms with Gasteiger partial charge in [-0.3, -0.25) is 4.79 Å². The Balaban J connectivity index is 2.94. The highest BCUT2D eigenvalue weighted by atomic mass is 16.1. The average Bonchev–Trinajstić information content (AvgIpc) is 2.28. The number of hydrogen-bond acceptors (Lipinski definition) is 4. The van der Waals surface area contributed by atoms with E-state index in [9.17, 15) is 4.79 Å². The molecule has 0 fully saturated rings. The van der Waals surface area contributed by atoms with Crippen LogP contribution in [0.1, 0.15) is 27.7 Å². The minimum atomic E-state index is -0.225. The van der Waals surface area contributed by atoms with E-state index in [0.717, 1.165) is 19.6 Å². The summed E-state index contributed by atoms with van der Waals surface area (Å²) in [5.74, 6) is 0.505. The molecule has 102 valence electrons. The molecule has 0 atom stereocenters. The quantitative estimate of drug-likeness (QED) is 0.796. The molecule has 0 bridgehead atoms. The number of nitrogens with zero attached hydrogens (tertiary/aromatic N) is 3. The second-order valence-corrected chi connectivity index (χ2v) is 5.37. The van der Waals surface area contributed by atoms with E-state index in [1.807, 2.05) is 32.7 Å². The molecule has 0 aliphatic rings. The van der Waals surface area contributed by atoms with Crippen molar-refractivity contribution in [2.45, 2.75) is 33.2 Å². The van der Waals surface area contributed by atoms with E-state index >= 15 is 0 Å². The standard InChI is InChI=1S/C13H24N4O/c1-6-14-7-9-16(5)11-12(18)17(10-8-15-11)13(2,3)4/h8,10,14H,6-7,9H2,1-5H3. The average molecular weight is 252 g/mol. The Bertz CT molecular complexity index is 433. The summed E-state index contributed by atoms with van der Waals surface area (Å²) in [4.78, 5) is 18.4. The molecule has 0 spiro atoms. The van der Waals surface area contributed by atoms with E-state index in [4.69, 9.17) is 0 Å². The van der Waals surface area contributed by atoms with Crippen molar-refractivity contribution in [3.8, 4) is 0 Å². The molecule has 1 aromatic heterocycles. The predicted octanol–water partition coefficient (Wildman–Crippen LogP) is 1.04. The van der Waals surface area contributed by atoms with Gasteiger partial charge in [0.25, 0.3) is 5.56 Å². The van der Waals surface area contributed by atoms with Crippen LogP contribution in [0.2, 0.25) is 0 Å². The highest BCUT2D eigenvalue weighted by molar-refractivity contribution is 5.34. The minimum Gasteiger partial charge on any atom is -0.354 e. The zero-order valence-electron chi connectivity index (χ0n) is 12.0. The monoisotopic (exact) mass is 252 g/mol. The summed E-state index contributed by atoms with van der Waals surface area (Å²) >= 11 is 0. The minimum absolute atomic E-state index is 0.0380. The van der Waals surface area contributed by atoms with Crippen molar-refractivity contribution < 1.29 is 0 Å². The lowest BCUT2D eigenvalue weighted by Gasteiger charge is -2.24. The van der Waals surface area contributed by atoms with Crippen molar-refractivity contribution in [3.05, 3.63) is 22.7 Å². The van der Waals surface area contributed by atoms with Gasteiger partial charge in [-0.25, -0.2) is 4.98 Å². The second kappa shape index (κ2) is 6.00. The van der Waals surface area contributed by atoms with Gasteiger partial charge >= 0.3 is 0 Å². The molecule has 0 saturated heterocycles. The van der Waals surface area contributed by atoms with E-state index in [2.05, 4.69) is 17.2 Å². The lowest BCUT2D eigenvalue weighted by atomic mass is 10.1. The van der Waals surface area contributed by atoms with Crippen LogP contribution in [0.4, 0.5) is 5.82 Å². The molecule has 0 aliphatic carbocycles. The van der Waals surface area contributed by atoms with Gasteiger partial charge < -0.3 is 14.8 Å². The molecular formula is C13H24N4O. The first kappa shape index (κ1) is 14.7. The van der Waals surface area contributed by atoms with Gasteiger partial charge in [0.1, 0.15) is 0 Å². The SMILES string of the molecule is CCNCCN(C)c1nccn(C(C)(C)C)c1=O. The summed E-state index contributed by atoms with van der Waals surface area (Å²) in [6.45, 7) is 10.6. The Kier molecular flexibility index (Phi) is 4.90. The van der Waals surface area contributed by atoms with Crippen molar-refractivity contribution in [3.63, 3.8) is 0 Å². The number of aromatic nitrogens is 2. The summed E-state index contributed by atoms with van der Waals surface area (Å²) in [6.07, 6.45) is 3.43. The first-order valence-corrected chi connectivity index (χ1v) is 6.38. The number of hydrogen-bond donors (Lipinski definition) is 1. The maximum atomic E-state index is 12.3. The first-order valence-electron chi connectivity index (χ1n) is 6.38. The van der Waals surface area contributed by atoms with Gasteiger partial charge in [0.2, 0.25) is 0 Å². The van der Waals surface area contributed by atoms with E-state index < -0.39 is 0 Å². The van der Waals surface area contributed by atoms with Crippen LogP contribution < -0.4 is 15.8 Å². The molecule has 0 aliphatic heterocycles. The second-order valence-electron chi connectivity index (χ2n) is 5.37. The van der Waals surface area contributed by atoms with Crippen LogP contribution in [0.5, 0.6) is 0 Å². The molecule has 1 rings (SSSR count). The summed E-state index contributed by atoms with van der Waals surface area (Å²) < 4.78 is 1.72. The van der Waals surface area contributed by atoms with Crippen LogP contribution in [0.25, 0.3) is 0 Å². The molecule has 18 heavy (non-hydrogen) atoms. The van der Waals surface area contributed by atoms with Crippen LogP contribution in [-0.2, 0) is 5.54 Å². The molecule has 5 nitrogen and oxygen atoms in total. The van der Waals surface area contributed by atoms with Gasteiger partial charge in [-0.15, -0.1) is 0 Å². The Morgan fingerprint density at radius 1 is 1.44 bits per heavy atom. The lowest BCUT2D eigenvalue weighted by molar-refractivity contribution is 0.382. The number of nitrogens with one attached hydrogen (secondary N) is 1. The Hall–Kier alpha value is -1.36. The molecule has 1 N–H and O–H groups in total. The Labute approximate surface area is 109 Å². The molecule has 1 aromatic rings. The number of rotatable bonds is 5. The van der Waals surface area contributed by atoms with E-state index in [-0.39, 0.29) is 11.1 Å². The van der Waals surface area contributed by atoms with E-state index in [1.54, 1.807) is 17.0 Å². The normalized spacial score (nSPS) is 11.6. The van der Waals surface area contributed by atoms with Crippen molar-refractivity contribution in [2.75, 3.05) is 31.6 Å². The summed E-state index contributed by atoms with van der Waals surface area (Å²) in [6, 6.07) is 0. The molecule has 0 aromatic carbocycles. The molecule has 0 radical (unpaired) electrons. The highest BCUT2D eigenvalue weighted by Crippen LogP contribution is 2.11. The number of anilines is 1. The molecule has 0 saturated carbocycles. The zero-order chi connectivity index (χ0) is 13.8. The fraction of sp³-hybridized carbons (Fsp3) is 0.692. The lowest BCUT2D eigenvalue weighted by Crippen LogP contribution is -2.39. The van der Waals surface area contributed by atoms with Crippen molar-refractivity contribution in [1.82, 2.24) is 14.9 Å². The molecular weight excluding hydrogens is 228 g/mol. The van der Waals surface area contributed by atoms with E-state index in [0.29, 0.717) is 5.82 Å². The van der Waals surface area contributed by atoms with Gasteiger partial charge in [-0.1, -0.05) is 6.92 Å². The Morgan fingerprint density at radius 3 is 2.67 bits per heavy atom. The summed E-state index contributed by atoms with van der Waals surface area (Å²) in [5.41, 5.74) is -0.263. The van der Waals surface area contributed by atoms with Crippen LogP contribution in [0, 0.1) is 0 Å². The molecule has 5 heteroatoms. The topological polar surface area (TPSA) is 50.2 Å². The van der Waals surface area contributed by atoms with Crippen LogP contribution in [0.15, 0.2) is 17.2 Å². The van der Waals surface area contributed by atoms with Gasteiger partial charge in [0, 0.05) is 38.1 Å². The summed E-state index contributed by atoms with van der Waals surface area (Å²) in [5, 5.41) is 3.23. The molecule has 1 heterocycles. The van der Waals surface area contributed by atoms with Gasteiger partial charge in [-0.2, -0.15) is 0 Å². The fourth-order valence-electron chi connectivity index (χ4n) is 1.72. The third-order valence-corrected chi connectivity index (χ3v) is 2.78. The largest absolute Gasteiger partial charge is 0.354 e. The summed E-state index contributed by atoms with van der Waals surface area (Å²) in [7, 11) is 1.90. The van der Waals surface area contributed by atoms with Crippen LogP contribution >= 0.6 is 0 Å². The zero-order valence-corrected chi connectivity index (χ0v) is 12.0. The molecule has 0 unspecified atom stereocenters. The van der Waals surface area contributed by atoms with Crippen molar-refractivity contribution in [2.24, 2.45) is 0 Å². The maximum absolute atomic E-state index is 12.3. The fourth-order valence-corrected chi connectivity index (χ4v) is 1.72. The van der Waals surface area contributed by atoms with Gasteiger partial charge in [0.15, 0.2) is 5.82 Å². The Morgan fingerprint density at radius 2 is 2.11 bits per heavy atom. The van der Waals surface area contributed by atoms with Gasteiger partial charge in [0.05, 0.1) is 0 Å². The van der Waals surface area contributed by atoms with Crippen molar-refractivity contribution >= 4 is 5.82 Å². The first-order chi connectivity index (χ1) is 8.38. The van der Waals surface area contributed by atoms with Crippen molar-refractivity contribution in [1.29, 1.82) is 0 Å². The van der Waals surface area contributed by atoms with Gasteiger partial charge in [-0.05, 0) is 27.3 Å². The number of likely N-dealkylation sites (N-methyl/N-ethyl adjacent to an activating group) is 2.